The number of alkyl halides is 3. The first-order valence-electron chi connectivity index (χ1n) is 5.01. The van der Waals surface area contributed by atoms with Crippen LogP contribution in [0.4, 0.5) is 8.78 Å². The van der Waals surface area contributed by atoms with E-state index >= 15 is 0 Å². The lowest BCUT2D eigenvalue weighted by molar-refractivity contribution is -0.109. The maximum Gasteiger partial charge on any atom is 0.333 e. The standard InChI is InChI=1S/C11H11BrF2O3/c1-10(15,11(12,13)14)7-2-3-8-9(6-7)17-5-4-16-8/h2-3,6,15H,4-5H2,1H3. The van der Waals surface area contributed by atoms with Crippen molar-refractivity contribution in [2.24, 2.45) is 0 Å². The number of hydrogen-bond donors (Lipinski definition) is 1. The van der Waals surface area contributed by atoms with Crippen LogP contribution in [0.25, 0.3) is 0 Å². The normalized spacial score (nSPS) is 18.6. The fourth-order valence-corrected chi connectivity index (χ4v) is 1.74. The van der Waals surface area contributed by atoms with E-state index in [0.29, 0.717) is 24.7 Å². The highest BCUT2D eigenvalue weighted by atomic mass is 79.9. The molecule has 0 bridgehead atoms. The summed E-state index contributed by atoms with van der Waals surface area (Å²) in [6, 6.07) is 4.27. The number of fused-ring (bicyclic) bond motifs is 1. The SMILES string of the molecule is CC(O)(c1ccc2c(c1)OCCO2)C(F)(F)Br. The number of ether oxygens (including phenoxy) is 2. The Hall–Kier alpha value is -0.880. The zero-order valence-corrected chi connectivity index (χ0v) is 10.6. The number of halogens is 3. The molecule has 0 fully saturated rings. The van der Waals surface area contributed by atoms with Gasteiger partial charge in [0.15, 0.2) is 17.1 Å². The van der Waals surface area contributed by atoms with Crippen LogP contribution in [0.3, 0.4) is 0 Å². The van der Waals surface area contributed by atoms with E-state index in [0.717, 1.165) is 6.92 Å². The van der Waals surface area contributed by atoms with Crippen LogP contribution in [0.5, 0.6) is 11.5 Å². The summed E-state index contributed by atoms with van der Waals surface area (Å²) >= 11 is 2.18. The van der Waals surface area contributed by atoms with Gasteiger partial charge in [-0.15, -0.1) is 0 Å². The van der Waals surface area contributed by atoms with Gasteiger partial charge in [0.05, 0.1) is 0 Å². The molecule has 0 spiro atoms. The van der Waals surface area contributed by atoms with E-state index in [1.165, 1.54) is 18.2 Å². The van der Waals surface area contributed by atoms with Crippen LogP contribution in [0.1, 0.15) is 12.5 Å². The van der Waals surface area contributed by atoms with E-state index in [1.54, 1.807) is 0 Å². The monoisotopic (exact) mass is 308 g/mol. The van der Waals surface area contributed by atoms with Crippen molar-refractivity contribution in [3.63, 3.8) is 0 Å². The van der Waals surface area contributed by atoms with Crippen LogP contribution in [0.2, 0.25) is 0 Å². The van der Waals surface area contributed by atoms with Gasteiger partial charge in [-0.1, -0.05) is 6.07 Å². The van der Waals surface area contributed by atoms with Crippen LogP contribution in [0, 0.1) is 0 Å². The molecule has 0 amide bonds. The lowest BCUT2D eigenvalue weighted by Gasteiger charge is -2.29. The van der Waals surface area contributed by atoms with Crippen molar-refractivity contribution in [2.75, 3.05) is 13.2 Å². The smallest absolute Gasteiger partial charge is 0.333 e. The molecular formula is C11H11BrF2O3. The fourth-order valence-electron chi connectivity index (χ4n) is 1.51. The molecule has 1 N–H and O–H groups in total. The molecule has 1 heterocycles. The number of hydrogen-bond acceptors (Lipinski definition) is 3. The first kappa shape index (κ1) is 12.6. The summed E-state index contributed by atoms with van der Waals surface area (Å²) in [6.07, 6.45) is 0. The summed E-state index contributed by atoms with van der Waals surface area (Å²) in [7, 11) is 0. The largest absolute Gasteiger partial charge is 0.486 e. The summed E-state index contributed by atoms with van der Waals surface area (Å²) in [5.41, 5.74) is -2.26. The number of aliphatic hydroxyl groups is 1. The van der Waals surface area contributed by atoms with Gasteiger partial charge in [-0.2, -0.15) is 8.78 Å². The predicted octanol–water partition coefficient (Wildman–Crippen LogP) is 2.65. The Morgan fingerprint density at radius 3 is 2.41 bits per heavy atom. The molecule has 1 atom stereocenters. The molecule has 0 saturated heterocycles. The first-order chi connectivity index (χ1) is 7.82. The molecule has 3 nitrogen and oxygen atoms in total. The second-order valence-corrected chi connectivity index (χ2v) is 4.92. The average Bonchev–Trinajstić information content (AvgIpc) is 2.27. The Morgan fingerprint density at radius 2 is 1.82 bits per heavy atom. The molecule has 0 radical (unpaired) electrons. The molecule has 1 aliphatic heterocycles. The number of rotatable bonds is 2. The minimum atomic E-state index is -3.43. The third-order valence-corrected chi connectivity index (χ3v) is 3.43. The van der Waals surface area contributed by atoms with E-state index in [1.807, 2.05) is 0 Å². The van der Waals surface area contributed by atoms with E-state index < -0.39 is 10.4 Å². The van der Waals surface area contributed by atoms with E-state index in [-0.39, 0.29) is 5.56 Å². The van der Waals surface area contributed by atoms with Crippen LogP contribution >= 0.6 is 15.9 Å². The lowest BCUT2D eigenvalue weighted by Crippen LogP contribution is -2.38. The van der Waals surface area contributed by atoms with Gasteiger partial charge in [-0.25, -0.2) is 0 Å². The van der Waals surface area contributed by atoms with Crippen molar-refractivity contribution in [1.29, 1.82) is 0 Å². The topological polar surface area (TPSA) is 38.7 Å². The summed E-state index contributed by atoms with van der Waals surface area (Å²) in [4.78, 5) is -3.43. The molecule has 1 aromatic carbocycles. The van der Waals surface area contributed by atoms with Gasteiger partial charge < -0.3 is 14.6 Å². The van der Waals surface area contributed by atoms with Gasteiger partial charge in [-0.05, 0) is 40.5 Å². The van der Waals surface area contributed by atoms with Crippen LogP contribution in [-0.4, -0.2) is 23.2 Å². The Bertz CT molecular complexity index is 429. The van der Waals surface area contributed by atoms with E-state index in [4.69, 9.17) is 9.47 Å². The Morgan fingerprint density at radius 1 is 1.24 bits per heavy atom. The molecule has 1 aliphatic rings. The van der Waals surface area contributed by atoms with Crippen molar-refractivity contribution < 1.29 is 23.4 Å². The molecule has 1 aromatic rings. The van der Waals surface area contributed by atoms with Crippen molar-refractivity contribution in [3.8, 4) is 11.5 Å². The predicted molar refractivity (Wildman–Crippen MR) is 60.9 cm³/mol. The molecule has 0 aliphatic carbocycles. The maximum atomic E-state index is 13.2. The summed E-state index contributed by atoms with van der Waals surface area (Å²) in [6.45, 7) is 1.83. The highest BCUT2D eigenvalue weighted by Gasteiger charge is 2.48. The highest BCUT2D eigenvalue weighted by Crippen LogP contribution is 2.44. The summed E-state index contributed by atoms with van der Waals surface area (Å²) < 4.78 is 37.0. The zero-order valence-electron chi connectivity index (χ0n) is 9.04. The lowest BCUT2D eigenvalue weighted by atomic mass is 9.96. The number of benzene rings is 1. The van der Waals surface area contributed by atoms with E-state index in [2.05, 4.69) is 15.9 Å². The van der Waals surface area contributed by atoms with Gasteiger partial charge in [0, 0.05) is 0 Å². The quantitative estimate of drug-likeness (QED) is 0.854. The molecule has 94 valence electrons. The molecule has 0 saturated carbocycles. The Balaban J connectivity index is 2.40. The Labute approximate surface area is 105 Å². The minimum Gasteiger partial charge on any atom is -0.486 e. The van der Waals surface area contributed by atoms with Gasteiger partial charge in [-0.3, -0.25) is 0 Å². The van der Waals surface area contributed by atoms with Gasteiger partial charge in [0.1, 0.15) is 13.2 Å². The molecule has 2 rings (SSSR count). The van der Waals surface area contributed by atoms with E-state index in [9.17, 15) is 13.9 Å². The van der Waals surface area contributed by atoms with Crippen molar-refractivity contribution >= 4 is 15.9 Å². The minimum absolute atomic E-state index is 0.0589. The highest BCUT2D eigenvalue weighted by molar-refractivity contribution is 9.10. The Kier molecular flexibility index (Phi) is 3.03. The molecule has 6 heteroatoms. The molecular weight excluding hydrogens is 298 g/mol. The summed E-state index contributed by atoms with van der Waals surface area (Å²) in [5.74, 6) is 0.861. The van der Waals surface area contributed by atoms with Gasteiger partial charge >= 0.3 is 4.83 Å². The van der Waals surface area contributed by atoms with Crippen LogP contribution < -0.4 is 9.47 Å². The molecule has 1 unspecified atom stereocenters. The molecule has 17 heavy (non-hydrogen) atoms. The second-order valence-electron chi connectivity index (χ2n) is 3.93. The molecule has 0 aromatic heterocycles. The van der Waals surface area contributed by atoms with Crippen molar-refractivity contribution in [3.05, 3.63) is 23.8 Å². The third kappa shape index (κ3) is 2.24. The van der Waals surface area contributed by atoms with Gasteiger partial charge in [0.2, 0.25) is 0 Å². The van der Waals surface area contributed by atoms with Crippen molar-refractivity contribution in [2.45, 2.75) is 17.4 Å². The second kappa shape index (κ2) is 4.10. The van der Waals surface area contributed by atoms with Crippen molar-refractivity contribution in [1.82, 2.24) is 0 Å². The van der Waals surface area contributed by atoms with Gasteiger partial charge in [0.25, 0.3) is 0 Å². The summed E-state index contributed by atoms with van der Waals surface area (Å²) in [5, 5.41) is 9.83. The zero-order chi connectivity index (χ0) is 12.7. The van der Waals surface area contributed by atoms with Crippen LogP contribution in [0.15, 0.2) is 18.2 Å². The first-order valence-corrected chi connectivity index (χ1v) is 5.81. The van der Waals surface area contributed by atoms with Crippen LogP contribution in [-0.2, 0) is 5.60 Å². The fraction of sp³-hybridized carbons (Fsp3) is 0.455. The average molecular weight is 309 g/mol. The third-order valence-electron chi connectivity index (χ3n) is 2.66. The maximum absolute atomic E-state index is 13.2.